The minimum Gasteiger partial charge on any atom is -0.465 e. The molecule has 6 nitrogen and oxygen atoms in total. The third-order valence-electron chi connectivity index (χ3n) is 4.98. The highest BCUT2D eigenvalue weighted by Crippen LogP contribution is 2.32. The van der Waals surface area contributed by atoms with E-state index in [1.807, 2.05) is 45.9 Å². The van der Waals surface area contributed by atoms with Gasteiger partial charge < -0.3 is 9.15 Å². The van der Waals surface area contributed by atoms with Crippen LogP contribution >= 0.6 is 11.3 Å². The van der Waals surface area contributed by atoms with E-state index in [2.05, 4.69) is 4.98 Å². The Labute approximate surface area is 174 Å². The fourth-order valence-electron chi connectivity index (χ4n) is 3.16. The van der Waals surface area contributed by atoms with E-state index < -0.39 is 5.97 Å². The maximum Gasteiger partial charge on any atom is 0.342 e. The lowest BCUT2D eigenvalue weighted by Crippen LogP contribution is -2.23. The number of hydrogen-bond donors (Lipinski definition) is 0. The molecule has 29 heavy (non-hydrogen) atoms. The Morgan fingerprint density at radius 3 is 2.45 bits per heavy atom. The molecule has 0 aliphatic rings. The van der Waals surface area contributed by atoms with Crippen LogP contribution in [0.25, 0.3) is 0 Å². The predicted octanol–water partition coefficient (Wildman–Crippen LogP) is 5.32. The summed E-state index contributed by atoms with van der Waals surface area (Å²) < 4.78 is 10.9. The average molecular weight is 413 g/mol. The van der Waals surface area contributed by atoms with E-state index in [-0.39, 0.29) is 12.5 Å². The van der Waals surface area contributed by atoms with Crippen LogP contribution in [0.2, 0.25) is 0 Å². The molecule has 0 spiro atoms. The minimum absolute atomic E-state index is 0.0248. The van der Waals surface area contributed by atoms with E-state index in [1.165, 1.54) is 18.3 Å². The normalized spacial score (nSPS) is 10.8. The van der Waals surface area contributed by atoms with E-state index >= 15 is 0 Å². The molecule has 1 aromatic carbocycles. The zero-order chi connectivity index (χ0) is 21.3. The summed E-state index contributed by atoms with van der Waals surface area (Å²) in [6, 6.07) is 5.82. The van der Waals surface area contributed by atoms with Gasteiger partial charge in [-0.1, -0.05) is 12.1 Å². The highest BCUT2D eigenvalue weighted by atomic mass is 32.1. The van der Waals surface area contributed by atoms with Gasteiger partial charge in [0.05, 0.1) is 11.4 Å². The van der Waals surface area contributed by atoms with Crippen LogP contribution < -0.4 is 4.90 Å². The number of amides is 1. The third-order valence-corrected chi connectivity index (χ3v) is 5.85. The maximum atomic E-state index is 12.5. The van der Waals surface area contributed by atoms with Gasteiger partial charge in [-0.15, -0.1) is 11.3 Å². The Morgan fingerprint density at radius 1 is 1.10 bits per heavy atom. The fourth-order valence-corrected chi connectivity index (χ4v) is 4.02. The molecule has 0 fully saturated rings. The SMILES string of the molecule is CC(=O)N(c1nc(COC(=O)c2c(C)oc(C)c2C)cs1)c1cccc(C)c1C. The molecule has 1 amide bonds. The van der Waals surface area contributed by atoms with Crippen LogP contribution in [0.5, 0.6) is 0 Å². The third kappa shape index (κ3) is 4.10. The molecule has 0 radical (unpaired) electrons. The van der Waals surface area contributed by atoms with Crippen LogP contribution in [0.15, 0.2) is 28.0 Å². The summed E-state index contributed by atoms with van der Waals surface area (Å²) in [5, 5.41) is 2.34. The van der Waals surface area contributed by atoms with Crippen molar-refractivity contribution in [3.63, 3.8) is 0 Å². The van der Waals surface area contributed by atoms with E-state index in [0.717, 1.165) is 22.4 Å². The number of esters is 1. The first kappa shape index (κ1) is 20.8. The second-order valence-corrected chi connectivity index (χ2v) is 7.82. The van der Waals surface area contributed by atoms with Crippen molar-refractivity contribution in [1.82, 2.24) is 4.98 Å². The molecule has 0 unspecified atom stereocenters. The van der Waals surface area contributed by atoms with E-state index in [1.54, 1.807) is 17.2 Å². The van der Waals surface area contributed by atoms with Crippen LogP contribution in [0.1, 0.15) is 51.2 Å². The molecule has 3 rings (SSSR count). The summed E-state index contributed by atoms with van der Waals surface area (Å²) in [6.07, 6.45) is 0. The van der Waals surface area contributed by atoms with Crippen LogP contribution in [-0.4, -0.2) is 16.9 Å². The van der Waals surface area contributed by atoms with Crippen molar-refractivity contribution in [2.75, 3.05) is 4.90 Å². The Balaban J connectivity index is 1.79. The molecule has 0 atom stereocenters. The molecule has 0 aliphatic carbocycles. The van der Waals surface area contributed by atoms with Crippen LogP contribution in [0, 0.1) is 34.6 Å². The molecule has 0 aliphatic heterocycles. The number of anilines is 2. The Morgan fingerprint density at radius 2 is 1.83 bits per heavy atom. The van der Waals surface area contributed by atoms with Gasteiger partial charge in [-0.25, -0.2) is 9.78 Å². The van der Waals surface area contributed by atoms with Crippen molar-refractivity contribution in [2.24, 2.45) is 0 Å². The molecule has 0 N–H and O–H groups in total. The van der Waals surface area contributed by atoms with Crippen molar-refractivity contribution < 1.29 is 18.7 Å². The zero-order valence-corrected chi connectivity index (χ0v) is 18.3. The summed E-state index contributed by atoms with van der Waals surface area (Å²) in [7, 11) is 0. The van der Waals surface area contributed by atoms with Crippen molar-refractivity contribution in [3.8, 4) is 0 Å². The van der Waals surface area contributed by atoms with Gasteiger partial charge in [0.25, 0.3) is 0 Å². The summed E-state index contributed by atoms with van der Waals surface area (Å²) in [4.78, 5) is 30.9. The van der Waals surface area contributed by atoms with Gasteiger partial charge in [-0.3, -0.25) is 9.69 Å². The van der Waals surface area contributed by atoms with Crippen LogP contribution in [0.4, 0.5) is 10.8 Å². The highest BCUT2D eigenvalue weighted by Gasteiger charge is 2.22. The maximum absolute atomic E-state index is 12.5. The molecule has 3 aromatic rings. The fraction of sp³-hybridized carbons (Fsp3) is 0.318. The van der Waals surface area contributed by atoms with Gasteiger partial charge >= 0.3 is 5.97 Å². The number of benzene rings is 1. The molecule has 2 heterocycles. The number of aryl methyl sites for hydroxylation is 3. The molecule has 0 saturated heterocycles. The lowest BCUT2D eigenvalue weighted by atomic mass is 10.1. The molecular weight excluding hydrogens is 388 g/mol. The van der Waals surface area contributed by atoms with Gasteiger partial charge in [-0.2, -0.15) is 0 Å². The summed E-state index contributed by atoms with van der Waals surface area (Å²) in [6.45, 7) is 10.9. The number of nitrogens with zero attached hydrogens (tertiary/aromatic N) is 2. The van der Waals surface area contributed by atoms with Crippen molar-refractivity contribution in [1.29, 1.82) is 0 Å². The predicted molar refractivity (Wildman–Crippen MR) is 113 cm³/mol. The van der Waals surface area contributed by atoms with Crippen LogP contribution in [-0.2, 0) is 16.1 Å². The highest BCUT2D eigenvalue weighted by molar-refractivity contribution is 7.14. The topological polar surface area (TPSA) is 72.6 Å². The first-order valence-corrected chi connectivity index (χ1v) is 10.1. The summed E-state index contributed by atoms with van der Waals surface area (Å²) in [5.74, 6) is 0.679. The van der Waals surface area contributed by atoms with E-state index in [9.17, 15) is 9.59 Å². The largest absolute Gasteiger partial charge is 0.465 e. The van der Waals surface area contributed by atoms with E-state index in [4.69, 9.17) is 9.15 Å². The second-order valence-electron chi connectivity index (χ2n) is 6.99. The van der Waals surface area contributed by atoms with Gasteiger partial charge in [0.2, 0.25) is 5.91 Å². The monoisotopic (exact) mass is 412 g/mol. The second kappa shape index (κ2) is 8.21. The summed E-state index contributed by atoms with van der Waals surface area (Å²) >= 11 is 1.34. The summed E-state index contributed by atoms with van der Waals surface area (Å²) in [5.41, 5.74) is 4.75. The number of hydrogen-bond acceptors (Lipinski definition) is 6. The average Bonchev–Trinajstić information content (AvgIpc) is 3.21. The smallest absolute Gasteiger partial charge is 0.342 e. The molecule has 0 saturated carbocycles. The van der Waals surface area contributed by atoms with Gasteiger partial charge in [0.15, 0.2) is 5.13 Å². The molecule has 2 aromatic heterocycles. The van der Waals surface area contributed by atoms with Crippen molar-refractivity contribution >= 4 is 34.0 Å². The van der Waals surface area contributed by atoms with Gasteiger partial charge in [-0.05, 0) is 51.8 Å². The standard InChI is InChI=1S/C22H24N2O4S/c1-12-8-7-9-19(13(12)2)24(17(6)25)22-23-18(11-29-22)10-27-21(26)20-14(3)15(4)28-16(20)5/h7-9,11H,10H2,1-6H3. The molecule has 7 heteroatoms. The van der Waals surface area contributed by atoms with E-state index in [0.29, 0.717) is 27.9 Å². The number of furan rings is 1. The number of aromatic nitrogens is 1. The number of ether oxygens (including phenoxy) is 1. The van der Waals surface area contributed by atoms with Gasteiger partial charge in [0.1, 0.15) is 23.7 Å². The molecule has 152 valence electrons. The lowest BCUT2D eigenvalue weighted by molar-refractivity contribution is -0.115. The minimum atomic E-state index is -0.440. The number of carbonyl (C=O) groups excluding carboxylic acids is 2. The molecule has 0 bridgehead atoms. The van der Waals surface area contributed by atoms with Crippen molar-refractivity contribution in [2.45, 2.75) is 48.1 Å². The first-order valence-electron chi connectivity index (χ1n) is 9.25. The molecular formula is C22H24N2O4S. The zero-order valence-electron chi connectivity index (χ0n) is 17.5. The van der Waals surface area contributed by atoms with Crippen LogP contribution in [0.3, 0.4) is 0 Å². The Hall–Kier alpha value is -2.93. The number of rotatable bonds is 5. The van der Waals surface area contributed by atoms with Crippen molar-refractivity contribution in [3.05, 3.63) is 63.0 Å². The number of carbonyl (C=O) groups is 2. The Kier molecular flexibility index (Phi) is 5.88. The lowest BCUT2D eigenvalue weighted by Gasteiger charge is -2.21. The first-order chi connectivity index (χ1) is 13.7. The number of thiazole rings is 1. The van der Waals surface area contributed by atoms with Gasteiger partial charge in [0, 0.05) is 17.9 Å². The quantitative estimate of drug-likeness (QED) is 0.530. The Bertz CT molecular complexity index is 1080.